The molecule has 7 heteroatoms. The standard InChI is InChI=1S/C29H28N4O3/c34-28(18-25-22-10-4-5-11-23(22)29(35)31-25)32-16-14-20(15-17-32)33-26-13-7-6-12-24(26)30-27(33)19-36-21-8-2-1-3-9-21/h1-13,20,25H,14-19H2,(H,31,35)/t25-/m0/s1. The van der Waals surface area contributed by atoms with Gasteiger partial charge in [0.25, 0.3) is 5.91 Å². The van der Waals surface area contributed by atoms with Crippen LogP contribution in [0.15, 0.2) is 78.9 Å². The molecule has 182 valence electrons. The number of rotatable bonds is 6. The second-order valence-corrected chi connectivity index (χ2v) is 9.42. The van der Waals surface area contributed by atoms with Crippen molar-refractivity contribution in [2.24, 2.45) is 0 Å². The Morgan fingerprint density at radius 2 is 1.67 bits per heavy atom. The lowest BCUT2D eigenvalue weighted by Crippen LogP contribution is -2.40. The molecule has 0 unspecified atom stereocenters. The predicted molar refractivity (Wildman–Crippen MR) is 137 cm³/mol. The molecule has 1 atom stereocenters. The number of imidazole rings is 1. The van der Waals surface area contributed by atoms with Gasteiger partial charge in [0, 0.05) is 24.7 Å². The summed E-state index contributed by atoms with van der Waals surface area (Å²) in [5.41, 5.74) is 3.64. The van der Waals surface area contributed by atoms with Crippen LogP contribution in [0.2, 0.25) is 0 Å². The van der Waals surface area contributed by atoms with Gasteiger partial charge in [-0.05, 0) is 48.7 Å². The number of hydrogen-bond acceptors (Lipinski definition) is 4. The van der Waals surface area contributed by atoms with Crippen molar-refractivity contribution in [2.45, 2.75) is 38.0 Å². The van der Waals surface area contributed by atoms with Crippen LogP contribution in [0, 0.1) is 0 Å². The summed E-state index contributed by atoms with van der Waals surface area (Å²) in [5, 5.41) is 2.96. The fourth-order valence-electron chi connectivity index (χ4n) is 5.43. The molecule has 7 nitrogen and oxygen atoms in total. The van der Waals surface area contributed by atoms with Gasteiger partial charge in [-0.15, -0.1) is 0 Å². The van der Waals surface area contributed by atoms with Crippen LogP contribution in [0.1, 0.15) is 53.1 Å². The van der Waals surface area contributed by atoms with Crippen LogP contribution in [-0.4, -0.2) is 39.4 Å². The summed E-state index contributed by atoms with van der Waals surface area (Å²) < 4.78 is 8.34. The minimum Gasteiger partial charge on any atom is -0.486 e. The quantitative estimate of drug-likeness (QED) is 0.436. The van der Waals surface area contributed by atoms with E-state index in [4.69, 9.17) is 9.72 Å². The van der Waals surface area contributed by atoms with Crippen molar-refractivity contribution in [1.82, 2.24) is 19.8 Å². The molecule has 0 spiro atoms. The van der Waals surface area contributed by atoms with Crippen molar-refractivity contribution in [2.75, 3.05) is 13.1 Å². The monoisotopic (exact) mass is 480 g/mol. The Morgan fingerprint density at radius 3 is 2.50 bits per heavy atom. The van der Waals surface area contributed by atoms with Gasteiger partial charge in [0.05, 0.1) is 23.5 Å². The Balaban J connectivity index is 1.15. The van der Waals surface area contributed by atoms with Crippen LogP contribution in [0.3, 0.4) is 0 Å². The van der Waals surface area contributed by atoms with E-state index in [9.17, 15) is 9.59 Å². The van der Waals surface area contributed by atoms with Crippen LogP contribution in [-0.2, 0) is 11.4 Å². The fraction of sp³-hybridized carbons (Fsp3) is 0.276. The number of ether oxygens (including phenoxy) is 1. The Kier molecular flexibility index (Phi) is 5.89. The highest BCUT2D eigenvalue weighted by Crippen LogP contribution is 2.32. The number of aromatic nitrogens is 2. The van der Waals surface area contributed by atoms with Gasteiger partial charge in [0.2, 0.25) is 5.91 Å². The Labute approximate surface area is 209 Å². The first-order chi connectivity index (χ1) is 17.7. The van der Waals surface area contributed by atoms with Gasteiger partial charge < -0.3 is 19.5 Å². The van der Waals surface area contributed by atoms with Crippen molar-refractivity contribution < 1.29 is 14.3 Å². The summed E-state index contributed by atoms with van der Waals surface area (Å²) >= 11 is 0. The second-order valence-electron chi connectivity index (χ2n) is 9.42. The molecule has 2 amide bonds. The summed E-state index contributed by atoms with van der Waals surface area (Å²) in [5.74, 6) is 1.70. The number of fused-ring (bicyclic) bond motifs is 2. The van der Waals surface area contributed by atoms with E-state index in [1.807, 2.05) is 77.7 Å². The molecule has 3 aromatic carbocycles. The Bertz CT molecular complexity index is 1410. The van der Waals surface area contributed by atoms with Crippen molar-refractivity contribution in [3.63, 3.8) is 0 Å². The van der Waals surface area contributed by atoms with Crippen LogP contribution in [0.5, 0.6) is 5.75 Å². The second kappa shape index (κ2) is 9.49. The van der Waals surface area contributed by atoms with Crippen LogP contribution in [0.4, 0.5) is 0 Å². The zero-order valence-corrected chi connectivity index (χ0v) is 20.0. The minimum absolute atomic E-state index is 0.0820. The lowest BCUT2D eigenvalue weighted by molar-refractivity contribution is -0.133. The Morgan fingerprint density at radius 1 is 0.944 bits per heavy atom. The maximum atomic E-state index is 13.1. The number of carbonyl (C=O) groups excluding carboxylic acids is 2. The van der Waals surface area contributed by atoms with Gasteiger partial charge in [-0.2, -0.15) is 0 Å². The average Bonchev–Trinajstić information content (AvgIpc) is 3.45. The number of para-hydroxylation sites is 3. The SMILES string of the molecule is O=C1N[C@@H](CC(=O)N2CCC(n3c(COc4ccccc4)nc4ccccc43)CC2)c2ccccc21. The summed E-state index contributed by atoms with van der Waals surface area (Å²) in [6.07, 6.45) is 1.98. The maximum Gasteiger partial charge on any atom is 0.252 e. The van der Waals surface area contributed by atoms with Crippen molar-refractivity contribution in [3.05, 3.63) is 95.8 Å². The van der Waals surface area contributed by atoms with Crippen LogP contribution >= 0.6 is 0 Å². The molecular weight excluding hydrogens is 452 g/mol. The first-order valence-corrected chi connectivity index (χ1v) is 12.5. The topological polar surface area (TPSA) is 76.5 Å². The van der Waals surface area contributed by atoms with Crippen molar-refractivity contribution in [1.29, 1.82) is 0 Å². The highest BCUT2D eigenvalue weighted by Gasteiger charge is 2.32. The maximum absolute atomic E-state index is 13.1. The number of nitrogens with one attached hydrogen (secondary N) is 1. The van der Waals surface area contributed by atoms with Crippen LogP contribution < -0.4 is 10.1 Å². The third-order valence-corrected chi connectivity index (χ3v) is 7.23. The van der Waals surface area contributed by atoms with Crippen molar-refractivity contribution in [3.8, 4) is 5.75 Å². The van der Waals surface area contributed by atoms with E-state index >= 15 is 0 Å². The van der Waals surface area contributed by atoms with Gasteiger partial charge >= 0.3 is 0 Å². The molecular formula is C29H28N4O3. The van der Waals surface area contributed by atoms with E-state index in [0.29, 0.717) is 25.3 Å². The summed E-state index contributed by atoms with van der Waals surface area (Å²) in [7, 11) is 0. The molecule has 1 N–H and O–H groups in total. The molecule has 1 aromatic heterocycles. The number of nitrogens with zero attached hydrogens (tertiary/aromatic N) is 3. The molecule has 1 fully saturated rings. The number of benzene rings is 3. The fourth-order valence-corrected chi connectivity index (χ4v) is 5.43. The molecule has 0 radical (unpaired) electrons. The van der Waals surface area contributed by atoms with Crippen LogP contribution in [0.25, 0.3) is 11.0 Å². The van der Waals surface area contributed by atoms with Gasteiger partial charge in [0.1, 0.15) is 18.2 Å². The predicted octanol–water partition coefficient (Wildman–Crippen LogP) is 4.65. The molecule has 0 bridgehead atoms. The molecule has 4 aromatic rings. The zero-order valence-electron chi connectivity index (χ0n) is 20.0. The molecule has 0 saturated carbocycles. The normalized spacial score (nSPS) is 17.7. The summed E-state index contributed by atoms with van der Waals surface area (Å²) in [6, 6.07) is 25.5. The smallest absolute Gasteiger partial charge is 0.252 e. The number of hydrogen-bond donors (Lipinski definition) is 1. The van der Waals surface area contributed by atoms with Gasteiger partial charge in [-0.3, -0.25) is 9.59 Å². The number of likely N-dealkylation sites (tertiary alicyclic amines) is 1. The lowest BCUT2D eigenvalue weighted by atomic mass is 10.00. The molecule has 0 aliphatic carbocycles. The number of amides is 2. The van der Waals surface area contributed by atoms with E-state index in [2.05, 4.69) is 16.0 Å². The third-order valence-electron chi connectivity index (χ3n) is 7.23. The molecule has 2 aliphatic rings. The minimum atomic E-state index is -0.252. The van der Waals surface area contributed by atoms with Gasteiger partial charge in [0.15, 0.2) is 0 Å². The first kappa shape index (κ1) is 22.3. The van der Waals surface area contributed by atoms with Gasteiger partial charge in [-0.25, -0.2) is 4.98 Å². The molecule has 1 saturated heterocycles. The molecule has 6 rings (SSSR count). The summed E-state index contributed by atoms with van der Waals surface area (Å²) in [6.45, 7) is 1.74. The van der Waals surface area contributed by atoms with Gasteiger partial charge in [-0.1, -0.05) is 48.5 Å². The summed E-state index contributed by atoms with van der Waals surface area (Å²) in [4.78, 5) is 32.2. The molecule has 36 heavy (non-hydrogen) atoms. The van der Waals surface area contributed by atoms with E-state index < -0.39 is 0 Å². The lowest BCUT2D eigenvalue weighted by Gasteiger charge is -2.34. The van der Waals surface area contributed by atoms with E-state index in [1.165, 1.54) is 0 Å². The highest BCUT2D eigenvalue weighted by atomic mass is 16.5. The first-order valence-electron chi connectivity index (χ1n) is 12.5. The number of carbonyl (C=O) groups is 2. The average molecular weight is 481 g/mol. The third kappa shape index (κ3) is 4.21. The molecule has 3 heterocycles. The van der Waals surface area contributed by atoms with E-state index in [1.54, 1.807) is 0 Å². The van der Waals surface area contributed by atoms with E-state index in [0.717, 1.165) is 41.0 Å². The number of piperidine rings is 1. The zero-order chi connectivity index (χ0) is 24.5. The van der Waals surface area contributed by atoms with Crippen molar-refractivity contribution >= 4 is 22.8 Å². The molecule has 2 aliphatic heterocycles. The Hall–Kier alpha value is -4.13. The highest BCUT2D eigenvalue weighted by molar-refractivity contribution is 5.99. The van der Waals surface area contributed by atoms with E-state index in [-0.39, 0.29) is 30.3 Å². The largest absolute Gasteiger partial charge is 0.486 e.